The highest BCUT2D eigenvalue weighted by atomic mass is 32.1. The fraction of sp³-hybridized carbons (Fsp3) is 0.500. The lowest BCUT2D eigenvalue weighted by atomic mass is 10.1. The Hall–Kier alpha value is -1.36. The zero-order valence-electron chi connectivity index (χ0n) is 9.63. The average molecular weight is 250 g/mol. The van der Waals surface area contributed by atoms with Crippen LogP contribution in [0.15, 0.2) is 16.8 Å². The summed E-state index contributed by atoms with van der Waals surface area (Å²) < 4.78 is 0. The van der Waals surface area contributed by atoms with Crippen LogP contribution >= 0.6 is 11.3 Å². The third-order valence-electron chi connectivity index (χ3n) is 3.59. The summed E-state index contributed by atoms with van der Waals surface area (Å²) in [5, 5.41) is 3.85. The van der Waals surface area contributed by atoms with Gasteiger partial charge in [0.1, 0.15) is 12.1 Å². The smallest absolute Gasteiger partial charge is 0.250 e. The van der Waals surface area contributed by atoms with Crippen molar-refractivity contribution in [1.82, 2.24) is 4.90 Å². The molecule has 2 atom stereocenters. The molecular formula is C12H14N2O2S. The number of amides is 2. The van der Waals surface area contributed by atoms with Crippen LogP contribution in [0.2, 0.25) is 0 Å². The number of rotatable bonds is 1. The summed E-state index contributed by atoms with van der Waals surface area (Å²) in [6.45, 7) is 2.55. The monoisotopic (exact) mass is 250 g/mol. The second-order valence-corrected chi connectivity index (χ2v) is 5.34. The third-order valence-corrected chi connectivity index (χ3v) is 4.26. The fourth-order valence-corrected chi connectivity index (χ4v) is 3.36. The second kappa shape index (κ2) is 3.84. The van der Waals surface area contributed by atoms with Crippen molar-refractivity contribution in [1.29, 1.82) is 0 Å². The van der Waals surface area contributed by atoms with Crippen molar-refractivity contribution in [2.75, 3.05) is 11.4 Å². The van der Waals surface area contributed by atoms with Crippen molar-refractivity contribution >= 4 is 28.8 Å². The van der Waals surface area contributed by atoms with Gasteiger partial charge in [0, 0.05) is 11.9 Å². The van der Waals surface area contributed by atoms with Gasteiger partial charge in [-0.1, -0.05) is 0 Å². The molecule has 1 aromatic rings. The molecule has 0 bridgehead atoms. The lowest BCUT2D eigenvalue weighted by Gasteiger charge is -2.40. The highest BCUT2D eigenvalue weighted by molar-refractivity contribution is 7.08. The molecule has 2 aliphatic rings. The topological polar surface area (TPSA) is 40.6 Å². The van der Waals surface area contributed by atoms with E-state index in [1.807, 2.05) is 23.8 Å². The van der Waals surface area contributed by atoms with E-state index in [1.54, 1.807) is 21.1 Å². The molecule has 5 heteroatoms. The minimum atomic E-state index is -0.369. The van der Waals surface area contributed by atoms with Crippen molar-refractivity contribution in [2.45, 2.75) is 31.8 Å². The molecule has 0 aliphatic carbocycles. The van der Waals surface area contributed by atoms with Crippen molar-refractivity contribution in [3.05, 3.63) is 16.8 Å². The summed E-state index contributed by atoms with van der Waals surface area (Å²) in [6, 6.07) is 1.31. The van der Waals surface area contributed by atoms with Crippen molar-refractivity contribution in [2.24, 2.45) is 0 Å². The van der Waals surface area contributed by atoms with Gasteiger partial charge in [-0.3, -0.25) is 14.5 Å². The number of anilines is 1. The van der Waals surface area contributed by atoms with Gasteiger partial charge in [-0.2, -0.15) is 11.3 Å². The Morgan fingerprint density at radius 2 is 2.18 bits per heavy atom. The van der Waals surface area contributed by atoms with Gasteiger partial charge < -0.3 is 4.90 Å². The molecule has 2 aliphatic heterocycles. The number of fused-ring (bicyclic) bond motifs is 1. The molecular weight excluding hydrogens is 236 g/mol. The van der Waals surface area contributed by atoms with Crippen LogP contribution in [0, 0.1) is 0 Å². The first-order chi connectivity index (χ1) is 8.20. The normalized spacial score (nSPS) is 28.8. The summed E-state index contributed by atoms with van der Waals surface area (Å²) in [6.07, 6.45) is 1.74. The maximum Gasteiger partial charge on any atom is 0.250 e. The van der Waals surface area contributed by atoms with Crippen LogP contribution in [0.4, 0.5) is 5.69 Å². The van der Waals surface area contributed by atoms with Crippen LogP contribution in [0.5, 0.6) is 0 Å². The highest BCUT2D eigenvalue weighted by Crippen LogP contribution is 2.31. The molecule has 2 saturated heterocycles. The van der Waals surface area contributed by atoms with E-state index in [4.69, 9.17) is 0 Å². The quantitative estimate of drug-likeness (QED) is 0.757. The maximum absolute atomic E-state index is 12.4. The van der Waals surface area contributed by atoms with E-state index < -0.39 is 0 Å². The Balaban J connectivity index is 1.99. The zero-order chi connectivity index (χ0) is 12.0. The van der Waals surface area contributed by atoms with Crippen molar-refractivity contribution in [3.63, 3.8) is 0 Å². The largest absolute Gasteiger partial charge is 0.329 e. The summed E-state index contributed by atoms with van der Waals surface area (Å²) in [7, 11) is 0. The molecule has 2 unspecified atom stereocenters. The zero-order valence-corrected chi connectivity index (χ0v) is 10.4. The summed E-state index contributed by atoms with van der Waals surface area (Å²) in [5.41, 5.74) is 0.854. The minimum absolute atomic E-state index is 0.0769. The molecule has 0 N–H and O–H groups in total. The Bertz CT molecular complexity index is 457. The molecule has 4 nitrogen and oxygen atoms in total. The Morgan fingerprint density at radius 3 is 2.88 bits per heavy atom. The fourth-order valence-electron chi connectivity index (χ4n) is 2.73. The van der Waals surface area contributed by atoms with Gasteiger partial charge in [0.05, 0.1) is 5.69 Å². The molecule has 3 heterocycles. The van der Waals surface area contributed by atoms with Gasteiger partial charge in [0.25, 0.3) is 5.91 Å². The predicted octanol–water partition coefficient (Wildman–Crippen LogP) is 1.47. The molecule has 0 spiro atoms. The molecule has 17 heavy (non-hydrogen) atoms. The molecule has 0 radical (unpaired) electrons. The number of carbonyl (C=O) groups excluding carboxylic acids is 2. The van der Waals surface area contributed by atoms with Crippen LogP contribution in [-0.2, 0) is 9.59 Å². The number of nitrogens with zero attached hydrogens (tertiary/aromatic N) is 2. The first kappa shape index (κ1) is 10.8. The van der Waals surface area contributed by atoms with Crippen LogP contribution in [-0.4, -0.2) is 35.3 Å². The average Bonchev–Trinajstić information content (AvgIpc) is 2.97. The SMILES string of the molecule is CC1C(=O)N2CCCC2C(=O)N1c1ccsc1. The summed E-state index contributed by atoms with van der Waals surface area (Å²) in [4.78, 5) is 28.0. The summed E-state index contributed by atoms with van der Waals surface area (Å²) in [5.74, 6) is 0.159. The van der Waals surface area contributed by atoms with Gasteiger partial charge in [-0.25, -0.2) is 0 Å². The molecule has 2 amide bonds. The first-order valence-electron chi connectivity index (χ1n) is 5.86. The Morgan fingerprint density at radius 1 is 1.35 bits per heavy atom. The highest BCUT2D eigenvalue weighted by Gasteiger charge is 2.46. The van der Waals surface area contributed by atoms with Gasteiger partial charge in [0.2, 0.25) is 5.91 Å². The number of carbonyl (C=O) groups is 2. The first-order valence-corrected chi connectivity index (χ1v) is 6.80. The lowest BCUT2D eigenvalue weighted by Crippen LogP contribution is -2.62. The minimum Gasteiger partial charge on any atom is -0.329 e. The van der Waals surface area contributed by atoms with Gasteiger partial charge >= 0.3 is 0 Å². The molecule has 3 rings (SSSR count). The Kier molecular flexibility index (Phi) is 2.43. The molecule has 0 aromatic carbocycles. The lowest BCUT2D eigenvalue weighted by molar-refractivity contribution is -0.143. The van der Waals surface area contributed by atoms with Gasteiger partial charge in [-0.05, 0) is 31.2 Å². The van der Waals surface area contributed by atoms with E-state index in [9.17, 15) is 9.59 Å². The number of piperazine rings is 1. The maximum atomic E-state index is 12.4. The van der Waals surface area contributed by atoms with Crippen molar-refractivity contribution < 1.29 is 9.59 Å². The third kappa shape index (κ3) is 1.49. The van der Waals surface area contributed by atoms with Crippen molar-refractivity contribution in [3.8, 4) is 0 Å². The standard InChI is InChI=1S/C12H14N2O2S/c1-8-11(15)13-5-2-3-10(13)12(16)14(8)9-4-6-17-7-9/h4,6-8,10H,2-3,5H2,1H3. The molecule has 0 saturated carbocycles. The van der Waals surface area contributed by atoms with Crippen LogP contribution in [0.3, 0.4) is 0 Å². The number of hydrogen-bond donors (Lipinski definition) is 0. The summed E-state index contributed by atoms with van der Waals surface area (Å²) >= 11 is 1.54. The van der Waals surface area contributed by atoms with E-state index in [1.165, 1.54) is 0 Å². The van der Waals surface area contributed by atoms with E-state index in [0.717, 1.165) is 25.1 Å². The second-order valence-electron chi connectivity index (χ2n) is 4.56. The molecule has 1 aromatic heterocycles. The van der Waals surface area contributed by atoms with E-state index in [2.05, 4.69) is 0 Å². The Labute approximate surface area is 104 Å². The predicted molar refractivity (Wildman–Crippen MR) is 66.0 cm³/mol. The van der Waals surface area contributed by atoms with E-state index in [0.29, 0.717) is 0 Å². The number of thiophene rings is 1. The van der Waals surface area contributed by atoms with Crippen LogP contribution in [0.1, 0.15) is 19.8 Å². The molecule has 2 fully saturated rings. The van der Waals surface area contributed by atoms with Crippen LogP contribution < -0.4 is 4.90 Å². The van der Waals surface area contributed by atoms with Crippen LogP contribution in [0.25, 0.3) is 0 Å². The van der Waals surface area contributed by atoms with Gasteiger partial charge in [-0.15, -0.1) is 0 Å². The molecule has 90 valence electrons. The van der Waals surface area contributed by atoms with Gasteiger partial charge in [0.15, 0.2) is 0 Å². The van der Waals surface area contributed by atoms with E-state index >= 15 is 0 Å². The van der Waals surface area contributed by atoms with E-state index in [-0.39, 0.29) is 23.9 Å². The number of hydrogen-bond acceptors (Lipinski definition) is 3.